The molecular weight excluding hydrogens is 1760 g/mol. The van der Waals surface area contributed by atoms with Gasteiger partial charge in [0, 0.05) is 34.2 Å². The quantitative estimate of drug-likeness (QED) is 0.0399. The number of rotatable bonds is 28. The van der Waals surface area contributed by atoms with Crippen molar-refractivity contribution in [3.8, 4) is 0 Å². The van der Waals surface area contributed by atoms with E-state index in [-0.39, 0.29) is 104 Å². The SMILES string of the molecule is C[C@H](CC[C@@H](O[C@@H]1O[C@H](CO)[C@@H](O)[C@H](O)[C@H]1O[C@@H]1O[C@H](CO)[C@@H](OC2C[C@H](CO)[C@@H](O)[C@H](O)[C@H]2O)[C@H](O)[C@H]1O)C(C)(C)O)C1CC[C@@]2(C)C3CC=C4C(CC[C@H](O)C4(C)C)[C@]3(C)[C@H](O)C[C@]12C.C[C@H](CC[C@@H](O[C@@H]1O[C@H](CO)[C@@H](O[C@@H]2O[C@H](CO)[C@@H](O)[C@H](O)[C@H]2O)[C@H](O)[C@H]1O[C@@H]1O[C@H](CO)[C@@H](O)[C@H](O)[C@H]1O)C(C)(C)O)C1CC[C@@]2(C)C3CC=C4C(CC[C@H](O)C4(C)C)[C@]3(C)[C@H](O)C[C@]12C. The van der Waals surface area contributed by atoms with Crippen LogP contribution in [0.5, 0.6) is 0 Å². The number of aliphatic hydroxyl groups excluding tert-OH is 24. The van der Waals surface area contributed by atoms with Gasteiger partial charge in [-0.1, -0.05) is 106 Å². The third-order valence-electron chi connectivity index (χ3n) is 37.9. The molecule has 7 saturated carbocycles. The normalized spacial score (nSPS) is 51.0. The Balaban J connectivity index is 0.000000227. The van der Waals surface area contributed by atoms with Crippen LogP contribution in [0.25, 0.3) is 0 Å². The van der Waals surface area contributed by atoms with Gasteiger partial charge in [-0.05, 0) is 206 Å². The second-order valence-corrected chi connectivity index (χ2v) is 46.5. The number of fused-ring (bicyclic) bond motifs is 10. The highest BCUT2D eigenvalue weighted by Crippen LogP contribution is 2.77. The Morgan fingerprint density at radius 3 is 1.05 bits per heavy atom. The van der Waals surface area contributed by atoms with Gasteiger partial charge in [-0.15, -0.1) is 0 Å². The highest BCUT2D eigenvalue weighted by molar-refractivity contribution is 5.34. The standard InChI is InChI=1S/C49H84O18.C48H82O19/c1-22(24-15-16-47(6)30-12-10-25-26(11-13-31(53)45(25,2)3)49(30,8)32(54)18-48(24,47)7)9-14-33(46(4,5)62)66-44-42(38(59)36(57)28(20-51)64-44)67-43-40(61)39(60)41(29(21-52)65-43)63-27-17-23(19-50)34(55)37(58)35(27)56;1-21(22-15-16-46(6)28-12-10-23-24(11-13-29(52)44(23,2)3)48(28,8)30(53)17-47(22,46)7)9-14-31(45(4,5)61)65-43-40(67-42-37(59)35(57)33(55)26(19-50)63-42)38(60)39(27(20-51)64-43)66-41-36(58)34(56)32(54)25(18-49)62-41/h10,22-24,26-44,50-62H,9,11-21H2,1-8H3;10,21-22,24-43,49-61H,9,11-20H2,1-8H3/t22-,23-,24?,26?,27?,28-,29-,30?,31+,32-,33-,34-,35+,36-,37+,38+,39-,40-,41-,42-,43+,44+,47+,48-,49+;21-,22?,24?,25-,26-,27-,28?,29+,30-,31-,32-,33-,34+,35+,36-,37-,38+,39-,40-,41+,42+,43+,46+,47-,48+/m11/s1. The van der Waals surface area contributed by atoms with Crippen molar-refractivity contribution in [1.29, 1.82) is 0 Å². The Labute approximate surface area is 786 Å². The fraction of sp³-hybridized carbons (Fsp3) is 0.959. The van der Waals surface area contributed by atoms with Gasteiger partial charge >= 0.3 is 0 Å². The maximum absolute atomic E-state index is 12.4. The molecule has 50 atom stereocenters. The first-order chi connectivity index (χ1) is 62.4. The summed E-state index contributed by atoms with van der Waals surface area (Å²) in [6, 6.07) is 0. The second kappa shape index (κ2) is 41.1. The monoisotopic (exact) mass is 1920 g/mol. The summed E-state index contributed by atoms with van der Waals surface area (Å²) in [5, 5.41) is 283. The average molecular weight is 1920 g/mol. The summed E-state index contributed by atoms with van der Waals surface area (Å²) in [6.07, 6.45) is -36.2. The predicted molar refractivity (Wildman–Crippen MR) is 473 cm³/mol. The number of hydrogen-bond acceptors (Lipinski definition) is 37. The van der Waals surface area contributed by atoms with Crippen molar-refractivity contribution in [2.24, 2.45) is 96.6 Å². The van der Waals surface area contributed by atoms with Gasteiger partial charge in [0.2, 0.25) is 0 Å². The molecule has 12 fully saturated rings. The molecule has 37 nitrogen and oxygen atoms in total. The van der Waals surface area contributed by atoms with Gasteiger partial charge in [0.15, 0.2) is 31.5 Å². The summed E-state index contributed by atoms with van der Waals surface area (Å²) < 4.78 is 66.2. The minimum absolute atomic E-state index is 0.0717. The van der Waals surface area contributed by atoms with E-state index < -0.39 is 271 Å². The van der Waals surface area contributed by atoms with Crippen molar-refractivity contribution in [1.82, 2.24) is 0 Å². The Bertz CT molecular complexity index is 3900. The zero-order chi connectivity index (χ0) is 99.0. The summed E-state index contributed by atoms with van der Waals surface area (Å²) in [4.78, 5) is 0. The zero-order valence-corrected chi connectivity index (χ0v) is 80.9. The second-order valence-electron chi connectivity index (χ2n) is 46.5. The molecule has 7 unspecified atom stereocenters. The topological polar surface area (TPSA) is 628 Å². The lowest BCUT2D eigenvalue weighted by Gasteiger charge is -2.67. The highest BCUT2D eigenvalue weighted by atomic mass is 16.8. The third-order valence-corrected chi connectivity index (χ3v) is 37.9. The van der Waals surface area contributed by atoms with Crippen molar-refractivity contribution < 1.29 is 185 Å². The van der Waals surface area contributed by atoms with Crippen LogP contribution in [0, 0.1) is 96.6 Å². The van der Waals surface area contributed by atoms with Crippen LogP contribution in [-0.2, 0) is 52.1 Å². The molecule has 5 aliphatic heterocycles. The Kier molecular flexibility index (Phi) is 33.5. The van der Waals surface area contributed by atoms with E-state index >= 15 is 0 Å². The molecule has 5 saturated heterocycles. The zero-order valence-electron chi connectivity index (χ0n) is 80.9. The van der Waals surface area contributed by atoms with Crippen LogP contribution in [0.1, 0.15) is 220 Å². The molecule has 0 aromatic rings. The van der Waals surface area contributed by atoms with E-state index in [1.54, 1.807) is 27.7 Å². The largest absolute Gasteiger partial charge is 0.396 e. The molecule has 134 heavy (non-hydrogen) atoms. The van der Waals surface area contributed by atoms with E-state index in [1.807, 2.05) is 0 Å². The number of allylic oxidation sites excluding steroid dienone is 2. The fourth-order valence-electron chi connectivity index (χ4n) is 28.8. The lowest BCUT2D eigenvalue weighted by atomic mass is 9.38. The van der Waals surface area contributed by atoms with Crippen molar-refractivity contribution in [2.45, 2.75) is 446 Å². The Hall–Kier alpha value is -2.00. The van der Waals surface area contributed by atoms with E-state index in [0.29, 0.717) is 44.9 Å². The maximum Gasteiger partial charge on any atom is 0.187 e. The first kappa shape index (κ1) is 109. The fourth-order valence-corrected chi connectivity index (χ4v) is 28.8. The minimum atomic E-state index is -1.94. The minimum Gasteiger partial charge on any atom is -0.396 e. The van der Waals surface area contributed by atoms with Crippen LogP contribution in [0.3, 0.4) is 0 Å². The first-order valence-corrected chi connectivity index (χ1v) is 49.4. The Morgan fingerprint density at radius 2 is 0.672 bits per heavy atom. The lowest BCUT2D eigenvalue weighted by molar-refractivity contribution is -0.393. The van der Waals surface area contributed by atoms with Crippen LogP contribution in [-0.4, -0.2) is 398 Å². The van der Waals surface area contributed by atoms with Gasteiger partial charge in [-0.2, -0.15) is 0 Å². The van der Waals surface area contributed by atoms with E-state index in [4.69, 9.17) is 52.1 Å². The van der Waals surface area contributed by atoms with Crippen LogP contribution < -0.4 is 0 Å². The number of ether oxygens (including phenoxy) is 11. The van der Waals surface area contributed by atoms with E-state index in [1.165, 1.54) is 11.1 Å². The smallest absolute Gasteiger partial charge is 0.187 e. The number of aliphatic hydroxyl groups is 26. The van der Waals surface area contributed by atoms with Crippen molar-refractivity contribution in [3.05, 3.63) is 23.3 Å². The molecule has 9 aliphatic carbocycles. The summed E-state index contributed by atoms with van der Waals surface area (Å²) in [5.74, 6) is 0.566. The van der Waals surface area contributed by atoms with Gasteiger partial charge in [-0.3, -0.25) is 0 Å². The molecule has 0 amide bonds. The molecule has 776 valence electrons. The molecule has 0 spiro atoms. The summed E-state index contributed by atoms with van der Waals surface area (Å²) in [6.45, 7) is 28.7. The maximum atomic E-state index is 12.4. The van der Waals surface area contributed by atoms with Crippen molar-refractivity contribution in [3.63, 3.8) is 0 Å². The molecule has 26 N–H and O–H groups in total. The van der Waals surface area contributed by atoms with Gasteiger partial charge in [-0.25, -0.2) is 0 Å². The van der Waals surface area contributed by atoms with Crippen LogP contribution >= 0.6 is 0 Å². The van der Waals surface area contributed by atoms with E-state index in [0.717, 1.165) is 51.4 Å². The summed E-state index contributed by atoms with van der Waals surface area (Å²) in [5.41, 5.74) is -2.50. The molecule has 14 aliphatic rings. The summed E-state index contributed by atoms with van der Waals surface area (Å²) >= 11 is 0. The molecule has 5 heterocycles. The van der Waals surface area contributed by atoms with Crippen LogP contribution in [0.4, 0.5) is 0 Å². The average Bonchev–Trinajstić information content (AvgIpc) is 1.42. The van der Waals surface area contributed by atoms with Crippen LogP contribution in [0.2, 0.25) is 0 Å². The van der Waals surface area contributed by atoms with Gasteiger partial charge in [0.1, 0.15) is 134 Å². The molecule has 0 aromatic carbocycles. The van der Waals surface area contributed by atoms with Gasteiger partial charge < -0.3 is 185 Å². The first-order valence-electron chi connectivity index (χ1n) is 49.4. The van der Waals surface area contributed by atoms with Crippen molar-refractivity contribution in [2.75, 3.05) is 39.6 Å². The third kappa shape index (κ3) is 19.2. The van der Waals surface area contributed by atoms with Gasteiger partial charge in [0.25, 0.3) is 0 Å². The molecule has 0 radical (unpaired) electrons. The van der Waals surface area contributed by atoms with Crippen molar-refractivity contribution >= 4 is 0 Å². The highest BCUT2D eigenvalue weighted by Gasteiger charge is 2.73. The Morgan fingerprint density at radius 1 is 0.343 bits per heavy atom. The van der Waals surface area contributed by atoms with E-state index in [2.05, 4.69) is 95.2 Å². The van der Waals surface area contributed by atoms with Gasteiger partial charge in [0.05, 0.1) is 93.1 Å². The van der Waals surface area contributed by atoms with Crippen LogP contribution in [0.15, 0.2) is 23.3 Å². The molecule has 14 rings (SSSR count). The van der Waals surface area contributed by atoms with E-state index in [9.17, 15) is 133 Å². The lowest BCUT2D eigenvalue weighted by Crippen LogP contribution is -2.67. The predicted octanol–water partition coefficient (Wildman–Crippen LogP) is -1.45. The molecule has 0 aromatic heterocycles. The molecule has 0 bridgehead atoms. The summed E-state index contributed by atoms with van der Waals surface area (Å²) in [7, 11) is 0. The number of hydrogen-bond donors (Lipinski definition) is 26. The molecule has 37 heteroatoms. The molecular formula is C97H166O37.